The van der Waals surface area contributed by atoms with Gasteiger partial charge < -0.3 is 40.3 Å². The van der Waals surface area contributed by atoms with E-state index in [-0.39, 0.29) is 28.7 Å². The van der Waals surface area contributed by atoms with Gasteiger partial charge in [0.25, 0.3) is 11.8 Å². The molecular formula is C77H109Cl3N10O12Si. The molecule has 2 saturated carbocycles. The first-order valence-electron chi connectivity index (χ1n) is 36.5. The van der Waals surface area contributed by atoms with Gasteiger partial charge in [-0.25, -0.2) is 15.8 Å². The highest BCUT2D eigenvalue weighted by atomic mass is 35.6. The highest BCUT2D eigenvalue weighted by molar-refractivity contribution is 6.74. The Morgan fingerprint density at radius 3 is 2.05 bits per heavy atom. The van der Waals surface area contributed by atoms with Gasteiger partial charge in [-0.3, -0.25) is 53.4 Å². The number of nitrogens with one attached hydrogen (secondary N) is 6. The monoisotopic (exact) mass is 1500 g/mol. The summed E-state index contributed by atoms with van der Waals surface area (Å²) in [5.41, 5.74) is 7.70. The molecule has 0 radical (unpaired) electrons. The molecule has 564 valence electrons. The summed E-state index contributed by atoms with van der Waals surface area (Å²) in [5.74, 6) is -3.74. The number of hydrazine groups is 2. The fourth-order valence-corrected chi connectivity index (χ4v) is 15.4. The number of amides is 6. The summed E-state index contributed by atoms with van der Waals surface area (Å²) in [7, 11) is -2.11. The van der Waals surface area contributed by atoms with Crippen LogP contribution in [0.25, 0.3) is 34.0 Å². The number of halogens is 3. The van der Waals surface area contributed by atoms with Crippen LogP contribution in [0.5, 0.6) is 0 Å². The highest BCUT2D eigenvalue weighted by Crippen LogP contribution is 2.49. The zero-order valence-electron chi connectivity index (χ0n) is 62.8. The second-order valence-electron chi connectivity index (χ2n) is 32.1. The van der Waals surface area contributed by atoms with Crippen molar-refractivity contribution in [2.75, 3.05) is 19.7 Å². The topological polar surface area (TPSA) is 289 Å². The first kappa shape index (κ1) is 82.1. The van der Waals surface area contributed by atoms with E-state index in [1.54, 1.807) is 27.7 Å². The number of benzene rings is 2. The average Bonchev–Trinajstić information content (AvgIpc) is 0.925. The van der Waals surface area contributed by atoms with Crippen molar-refractivity contribution >= 4 is 124 Å². The van der Waals surface area contributed by atoms with Gasteiger partial charge in [0.2, 0.25) is 27.4 Å². The summed E-state index contributed by atoms with van der Waals surface area (Å²) < 4.78 is 16.1. The molecule has 5 bridgehead atoms. The average molecular weight is 1500 g/mol. The van der Waals surface area contributed by atoms with Crippen molar-refractivity contribution < 1.29 is 57.4 Å². The number of rotatable bonds is 14. The Balaban J connectivity index is 0.000000269. The highest BCUT2D eigenvalue weighted by Gasteiger charge is 2.50. The number of esters is 2. The maximum Gasteiger partial charge on any atom is 0.325 e. The van der Waals surface area contributed by atoms with Crippen molar-refractivity contribution in [2.45, 2.75) is 255 Å². The number of cyclic esters (lactones) is 1. The van der Waals surface area contributed by atoms with E-state index in [1.165, 1.54) is 10.0 Å². The largest absolute Gasteiger partial charge is 0.460 e. The standard InChI is InChI=1S/C43H64Cl3N5O6Si.C34H45N5O6/c1-27(2)32-17-16-31-15-14-30(25-34(31)48-32)18-19-42(22-20-41(9,21-23-42)57-58(10,11)40(6,7)8)39(55)49-35(28(3)4)36(52)47-29(5)37(53)51-24-12-13-33(50-51)38(54)56-26-43(44,45)46;1-20(2)28-29(40)35-21(3)30(41)39-18-6-7-26(38-39)31(42)45-22(4)25-11-10-24-9-8-23(19-27(24)36-25)12-13-34(32(43)37-28)16-14-33(5,44)15-17-34/h14-19,25,27-29,33,35,50H,12-13,20-24,26H2,1-11H3,(H,47,52)(H,49,55);8-13,19-22,26,28,38,44H,6-7,14-18H2,1-5H3,(H,35,40)(H,37,43)/b19-18+;13-12+/t29-,33-,35-,41?,42?;21-,22+,26-,28-,33?,34?/m00/s1. The van der Waals surface area contributed by atoms with Crippen molar-refractivity contribution in [1.29, 1.82) is 0 Å². The van der Waals surface area contributed by atoms with E-state index in [0.29, 0.717) is 107 Å². The zero-order chi connectivity index (χ0) is 76.0. The van der Waals surface area contributed by atoms with Gasteiger partial charge >= 0.3 is 11.9 Å². The maximum atomic E-state index is 14.7. The van der Waals surface area contributed by atoms with Gasteiger partial charge in [-0.15, -0.1) is 0 Å². The van der Waals surface area contributed by atoms with E-state index in [1.807, 2.05) is 101 Å². The van der Waals surface area contributed by atoms with Crippen molar-refractivity contribution in [3.8, 4) is 0 Å². The first-order chi connectivity index (χ1) is 48.0. The molecule has 7 N–H and O–H groups in total. The number of carbonyl (C=O) groups is 8. The van der Waals surface area contributed by atoms with Gasteiger partial charge in [0, 0.05) is 29.6 Å². The molecule has 103 heavy (non-hydrogen) atoms. The molecular weight excluding hydrogens is 1390 g/mol. The molecule has 6 amide bonds. The molecule has 7 atom stereocenters. The zero-order valence-corrected chi connectivity index (χ0v) is 66.1. The number of carbonyl (C=O) groups excluding carboxylic acids is 8. The van der Waals surface area contributed by atoms with E-state index in [4.69, 9.17) is 58.7 Å². The molecule has 3 aliphatic heterocycles. The molecule has 4 aromatic rings. The van der Waals surface area contributed by atoms with E-state index in [9.17, 15) is 43.5 Å². The molecule has 5 heterocycles. The molecule has 2 aromatic heterocycles. The molecule has 9 rings (SSSR count). The Morgan fingerprint density at radius 2 is 1.42 bits per heavy atom. The molecule has 5 aliphatic rings. The number of hydrogen-bond acceptors (Lipinski definition) is 16. The number of aliphatic hydroxyl groups is 1. The van der Waals surface area contributed by atoms with E-state index < -0.39 is 119 Å². The van der Waals surface area contributed by atoms with Crippen LogP contribution in [-0.2, 0) is 52.3 Å². The molecule has 4 fully saturated rings. The van der Waals surface area contributed by atoms with Crippen LogP contribution in [-0.4, -0.2) is 152 Å². The van der Waals surface area contributed by atoms with E-state index in [0.717, 1.165) is 33.1 Å². The number of nitrogens with zero attached hydrogens (tertiary/aromatic N) is 4. The molecule has 2 saturated heterocycles. The van der Waals surface area contributed by atoms with Crippen LogP contribution in [0.4, 0.5) is 0 Å². The number of alkyl halides is 3. The summed E-state index contributed by atoms with van der Waals surface area (Å²) in [4.78, 5) is 119. The smallest absolute Gasteiger partial charge is 0.325 e. The predicted octanol–water partition coefficient (Wildman–Crippen LogP) is 12.1. The lowest BCUT2D eigenvalue weighted by atomic mass is 9.68. The van der Waals surface area contributed by atoms with Crippen LogP contribution >= 0.6 is 34.8 Å². The Kier molecular flexibility index (Phi) is 26.7. The van der Waals surface area contributed by atoms with Crippen LogP contribution in [0.2, 0.25) is 18.1 Å². The first-order valence-corrected chi connectivity index (χ1v) is 40.5. The molecule has 26 heteroatoms. The van der Waals surface area contributed by atoms with Gasteiger partial charge in [0.1, 0.15) is 49.0 Å². The van der Waals surface area contributed by atoms with Gasteiger partial charge in [0.05, 0.1) is 38.8 Å². The third kappa shape index (κ3) is 21.2. The molecule has 1 spiro atoms. The number of hydrogen-bond donors (Lipinski definition) is 7. The van der Waals surface area contributed by atoms with E-state index in [2.05, 4.69) is 98.9 Å². The quantitative estimate of drug-likeness (QED) is 0.0351. The van der Waals surface area contributed by atoms with Crippen LogP contribution in [0.1, 0.15) is 209 Å². The van der Waals surface area contributed by atoms with Gasteiger partial charge in [-0.2, -0.15) is 0 Å². The van der Waals surface area contributed by atoms with Gasteiger partial charge in [0.15, 0.2) is 8.32 Å². The van der Waals surface area contributed by atoms with Crippen LogP contribution in [0.15, 0.2) is 72.8 Å². The summed E-state index contributed by atoms with van der Waals surface area (Å²) in [6.07, 6.45) is 13.2. The second-order valence-corrected chi connectivity index (χ2v) is 39.3. The Hall–Kier alpha value is -6.57. The van der Waals surface area contributed by atoms with Crippen molar-refractivity contribution in [3.05, 3.63) is 95.3 Å². The van der Waals surface area contributed by atoms with E-state index >= 15 is 0 Å². The number of fused-ring (bicyclic) bond motifs is 5. The molecule has 2 aliphatic carbocycles. The Labute approximate surface area is 623 Å². The van der Waals surface area contributed by atoms with Gasteiger partial charge in [-0.05, 0) is 183 Å². The van der Waals surface area contributed by atoms with Crippen molar-refractivity contribution in [2.24, 2.45) is 22.7 Å². The Bertz CT molecular complexity index is 3820. The normalized spacial score (nSPS) is 27.4. The SMILES string of the molecule is CC(C)[C@@H]1NC(=O)C2(/C=C/c3ccc4ccc(nc4c3)[C@@H](C)OC(=O)[C@@H]3CCCN(N3)C(=O)[C@H](C)NC1=O)CCC(C)(O)CC2.CC(C)c1ccc2ccc(/C=C/C3(C(=O)N[C@H](C(=O)N[C@@H](C)C(=O)N4CCC[C@@H](C(=O)OCC(Cl)(Cl)Cl)N4)C(C)C)CCC(C)(O[Si](C)(C)C(C)(C)C)CC3)cc2n1. The fraction of sp³-hybridized carbons (Fsp3) is 0.610. The summed E-state index contributed by atoms with van der Waals surface area (Å²) in [6.45, 7) is 32.0. The summed E-state index contributed by atoms with van der Waals surface area (Å²) >= 11 is 17.2. The molecule has 0 unspecified atom stereocenters. The Morgan fingerprint density at radius 1 is 0.786 bits per heavy atom. The number of aromatic nitrogens is 2. The minimum Gasteiger partial charge on any atom is -0.460 e. The molecule has 22 nitrogen and oxygen atoms in total. The third-order valence-electron chi connectivity index (χ3n) is 21.4. The fourth-order valence-electron chi connectivity index (χ4n) is 13.5. The minimum atomic E-state index is -2.11. The maximum absolute atomic E-state index is 14.7. The minimum absolute atomic E-state index is 0.0300. The lowest BCUT2D eigenvalue weighted by Crippen LogP contribution is -2.61. The number of pyridine rings is 2. The predicted molar refractivity (Wildman–Crippen MR) is 405 cm³/mol. The third-order valence-corrected chi connectivity index (χ3v) is 26.3. The van der Waals surface area contributed by atoms with Crippen molar-refractivity contribution in [3.63, 3.8) is 0 Å². The van der Waals surface area contributed by atoms with Crippen LogP contribution < -0.4 is 32.1 Å². The van der Waals surface area contributed by atoms with Crippen LogP contribution in [0.3, 0.4) is 0 Å². The van der Waals surface area contributed by atoms with Crippen LogP contribution in [0, 0.1) is 22.7 Å². The van der Waals surface area contributed by atoms with Crippen molar-refractivity contribution in [1.82, 2.24) is 52.1 Å². The van der Waals surface area contributed by atoms with Gasteiger partial charge in [-0.1, -0.05) is 158 Å². The lowest BCUT2D eigenvalue weighted by Gasteiger charge is -2.49. The lowest BCUT2D eigenvalue weighted by molar-refractivity contribution is -0.157. The summed E-state index contributed by atoms with van der Waals surface area (Å²) in [5, 5.41) is 27.1. The molecule has 2 aromatic carbocycles. The summed E-state index contributed by atoms with van der Waals surface area (Å²) in [6, 6.07) is 14.6. The number of ether oxygens (including phenoxy) is 2. The second kappa shape index (κ2) is 33.5.